The Hall–Kier alpha value is -4.92. The fourth-order valence-corrected chi connectivity index (χ4v) is 8.73. The highest BCUT2D eigenvalue weighted by Gasteiger charge is 2.44. The number of carboxylic acid groups (broad SMARTS) is 1. The normalized spacial score (nSPS) is 16.6. The average Bonchev–Trinajstić information content (AvgIpc) is 3.61. The lowest BCUT2D eigenvalue weighted by atomic mass is 9.84. The van der Waals surface area contributed by atoms with Crippen molar-refractivity contribution in [3.8, 4) is 0 Å². The Morgan fingerprint density at radius 1 is 0.827 bits per heavy atom. The third-order valence-electron chi connectivity index (χ3n) is 9.33. The molecule has 0 aliphatic carbocycles. The van der Waals surface area contributed by atoms with Crippen molar-refractivity contribution in [2.75, 3.05) is 11.9 Å². The van der Waals surface area contributed by atoms with Gasteiger partial charge >= 0.3 is 11.9 Å². The monoisotopic (exact) mass is 716 g/mol. The summed E-state index contributed by atoms with van der Waals surface area (Å²) in [4.78, 5) is 26.3. The lowest BCUT2D eigenvalue weighted by Gasteiger charge is -2.37. The van der Waals surface area contributed by atoms with Crippen LogP contribution in [0.5, 0.6) is 0 Å². The third-order valence-corrected chi connectivity index (χ3v) is 11.1. The topological polar surface area (TPSA) is 87.7 Å². The van der Waals surface area contributed by atoms with Gasteiger partial charge in [0.2, 0.25) is 0 Å². The highest BCUT2D eigenvalue weighted by molar-refractivity contribution is 8.01. The maximum Gasteiger partial charge on any atom is 0.336 e. The first-order chi connectivity index (χ1) is 25.0. The smallest absolute Gasteiger partial charge is 0.336 e. The quantitative estimate of drug-likeness (QED) is 0.0829. The van der Waals surface area contributed by atoms with Crippen LogP contribution in [-0.4, -0.2) is 46.5 Å². The van der Waals surface area contributed by atoms with Crippen molar-refractivity contribution < 1.29 is 23.8 Å². The minimum atomic E-state index is -1.05. The molecule has 3 unspecified atom stereocenters. The number of carboxylic acids is 1. The molecule has 1 fully saturated rings. The summed E-state index contributed by atoms with van der Waals surface area (Å²) in [5, 5.41) is 17.3. The Labute approximate surface area is 309 Å². The number of hydrogen-bond acceptors (Lipinski definition) is 6. The van der Waals surface area contributed by atoms with E-state index < -0.39 is 28.3 Å². The summed E-state index contributed by atoms with van der Waals surface area (Å²) in [6.07, 6.45) is 1.70. The van der Waals surface area contributed by atoms with E-state index in [0.717, 1.165) is 5.56 Å². The number of aryl methyl sites for hydroxylation is 2. The van der Waals surface area contributed by atoms with E-state index in [9.17, 15) is 19.1 Å². The Kier molecular flexibility index (Phi) is 11.5. The molecule has 6 rings (SSSR count). The van der Waals surface area contributed by atoms with E-state index in [1.165, 1.54) is 28.8 Å². The van der Waals surface area contributed by atoms with E-state index in [4.69, 9.17) is 4.74 Å². The average molecular weight is 717 g/mol. The summed E-state index contributed by atoms with van der Waals surface area (Å²) in [5.74, 6) is -1.77. The van der Waals surface area contributed by atoms with E-state index >= 15 is 0 Å². The Morgan fingerprint density at radius 2 is 1.38 bits per heavy atom. The molecule has 0 spiro atoms. The van der Waals surface area contributed by atoms with E-state index in [1.54, 1.807) is 24.3 Å². The zero-order valence-corrected chi connectivity index (χ0v) is 30.5. The van der Waals surface area contributed by atoms with Crippen LogP contribution in [0.1, 0.15) is 65.4 Å². The first kappa shape index (κ1) is 36.9. The number of ether oxygens (including phenoxy) is 1. The number of carbonyl (C=O) groups is 2. The minimum absolute atomic E-state index is 0.112. The molecule has 52 heavy (non-hydrogen) atoms. The van der Waals surface area contributed by atoms with E-state index in [0.29, 0.717) is 37.1 Å². The zero-order chi connectivity index (χ0) is 36.7. The molecule has 8 heteroatoms. The number of carbonyl (C=O) groups excluding carboxylic acids is 1. The van der Waals surface area contributed by atoms with Gasteiger partial charge in [-0.15, -0.1) is 11.8 Å². The van der Waals surface area contributed by atoms with Crippen LogP contribution in [0, 0.1) is 5.82 Å². The van der Waals surface area contributed by atoms with Gasteiger partial charge < -0.3 is 20.5 Å². The van der Waals surface area contributed by atoms with Gasteiger partial charge in [-0.2, -0.15) is 0 Å². The van der Waals surface area contributed by atoms with Gasteiger partial charge in [0.05, 0.1) is 10.3 Å². The fourth-order valence-electron chi connectivity index (χ4n) is 6.93. The number of rotatable bonds is 13. The second-order valence-corrected chi connectivity index (χ2v) is 15.7. The lowest BCUT2D eigenvalue weighted by molar-refractivity contribution is -0.156. The molecule has 1 aliphatic rings. The SMILES string of the molecule is CC(C)(C)OC(=O)C(Nc1ccc(CCc2ccc(F)cc2)c(C(=O)O)c1)C1CC(SC(c2ccccc2)(c2ccccc2)c2ccccc2)CN1. The summed E-state index contributed by atoms with van der Waals surface area (Å²) in [6.45, 7) is 6.19. The van der Waals surface area contributed by atoms with Gasteiger partial charge in [-0.25, -0.2) is 14.0 Å². The number of hydrogen-bond donors (Lipinski definition) is 3. The molecule has 6 nitrogen and oxygen atoms in total. The maximum atomic E-state index is 13.9. The van der Waals surface area contributed by atoms with Crippen molar-refractivity contribution in [3.05, 3.63) is 173 Å². The summed E-state index contributed by atoms with van der Waals surface area (Å²) in [6, 6.07) is 42.0. The van der Waals surface area contributed by atoms with Crippen LogP contribution < -0.4 is 10.6 Å². The molecular formula is C44H45FN2O4S. The predicted octanol–water partition coefficient (Wildman–Crippen LogP) is 8.89. The van der Waals surface area contributed by atoms with Crippen molar-refractivity contribution in [3.63, 3.8) is 0 Å². The van der Waals surface area contributed by atoms with Crippen LogP contribution in [-0.2, 0) is 27.1 Å². The molecule has 1 heterocycles. The molecule has 5 aromatic carbocycles. The van der Waals surface area contributed by atoms with Gasteiger partial charge in [0.1, 0.15) is 17.5 Å². The number of aromatic carboxylic acids is 1. The first-order valence-corrected chi connectivity index (χ1v) is 18.6. The van der Waals surface area contributed by atoms with Gasteiger partial charge in [0.25, 0.3) is 0 Å². The molecule has 1 aliphatic heterocycles. The molecule has 0 amide bonds. The molecule has 0 aromatic heterocycles. The van der Waals surface area contributed by atoms with Gasteiger partial charge in [-0.3, -0.25) is 0 Å². The number of halogens is 1. The van der Waals surface area contributed by atoms with Gasteiger partial charge in [-0.1, -0.05) is 109 Å². The van der Waals surface area contributed by atoms with Crippen molar-refractivity contribution in [2.24, 2.45) is 0 Å². The highest BCUT2D eigenvalue weighted by Crippen LogP contribution is 2.51. The third kappa shape index (κ3) is 8.75. The lowest BCUT2D eigenvalue weighted by Crippen LogP contribution is -2.48. The summed E-state index contributed by atoms with van der Waals surface area (Å²) >= 11 is 1.88. The van der Waals surface area contributed by atoms with E-state index in [2.05, 4.69) is 83.4 Å². The summed E-state index contributed by atoms with van der Waals surface area (Å²) in [7, 11) is 0. The van der Waals surface area contributed by atoms with Gasteiger partial charge in [0, 0.05) is 23.5 Å². The minimum Gasteiger partial charge on any atom is -0.478 e. The van der Waals surface area contributed by atoms with Crippen molar-refractivity contribution in [1.82, 2.24) is 5.32 Å². The molecular weight excluding hydrogens is 672 g/mol. The maximum absolute atomic E-state index is 13.9. The molecule has 3 atom stereocenters. The van der Waals surface area contributed by atoms with Crippen LogP contribution in [0.3, 0.4) is 0 Å². The van der Waals surface area contributed by atoms with Crippen LogP contribution in [0.25, 0.3) is 0 Å². The van der Waals surface area contributed by atoms with E-state index in [1.807, 2.05) is 56.8 Å². The van der Waals surface area contributed by atoms with E-state index in [-0.39, 0.29) is 22.7 Å². The summed E-state index contributed by atoms with van der Waals surface area (Å²) in [5.41, 5.74) is 5.04. The fraction of sp³-hybridized carbons (Fsp3) is 0.273. The van der Waals surface area contributed by atoms with Crippen molar-refractivity contribution in [1.29, 1.82) is 0 Å². The van der Waals surface area contributed by atoms with Crippen LogP contribution in [0.4, 0.5) is 10.1 Å². The molecule has 268 valence electrons. The second-order valence-electron chi connectivity index (χ2n) is 14.2. The molecule has 0 bridgehead atoms. The molecule has 1 saturated heterocycles. The predicted molar refractivity (Wildman–Crippen MR) is 207 cm³/mol. The Balaban J connectivity index is 1.28. The molecule has 0 saturated carbocycles. The Bertz CT molecular complexity index is 1850. The zero-order valence-electron chi connectivity index (χ0n) is 29.7. The molecule has 0 radical (unpaired) electrons. The van der Waals surface area contributed by atoms with Gasteiger partial charge in [0.15, 0.2) is 0 Å². The molecule has 5 aromatic rings. The molecule has 3 N–H and O–H groups in total. The largest absolute Gasteiger partial charge is 0.478 e. The number of anilines is 1. The van der Waals surface area contributed by atoms with Crippen molar-refractivity contribution >= 4 is 29.4 Å². The van der Waals surface area contributed by atoms with Crippen molar-refractivity contribution in [2.45, 2.75) is 67.7 Å². The number of nitrogens with one attached hydrogen (secondary N) is 2. The van der Waals surface area contributed by atoms with Crippen LogP contribution in [0.2, 0.25) is 0 Å². The second kappa shape index (κ2) is 16.2. The van der Waals surface area contributed by atoms with Gasteiger partial charge in [-0.05, 0) is 92.1 Å². The number of thioether (sulfide) groups is 1. The van der Waals surface area contributed by atoms with Crippen LogP contribution >= 0.6 is 11.8 Å². The standard InChI is InChI=1S/C44H45FN2O4S/c1-43(2,3)51-42(50)40(47-36-26-23-31(38(27-36)41(48)49)22-19-30-20-24-35(45)25-21-30)39-28-37(29-46-39)52-44(32-13-7-4-8-14-32,33-15-9-5-10-16-33)34-17-11-6-12-18-34/h4-18,20-21,23-27,37,39-40,46-47H,19,22,28-29H2,1-3H3,(H,48,49). The summed E-state index contributed by atoms with van der Waals surface area (Å²) < 4.78 is 18.8. The van der Waals surface area contributed by atoms with Crippen LogP contribution in [0.15, 0.2) is 133 Å². The first-order valence-electron chi connectivity index (χ1n) is 17.7. The number of esters is 1. The Morgan fingerprint density at radius 3 is 1.90 bits per heavy atom. The number of benzene rings is 5. The highest BCUT2D eigenvalue weighted by atomic mass is 32.2.